The van der Waals surface area contributed by atoms with Gasteiger partial charge in [0.2, 0.25) is 0 Å². The third-order valence-electron chi connectivity index (χ3n) is 2.70. The molecule has 1 N–H and O–H groups in total. The van der Waals surface area contributed by atoms with Crippen LogP contribution in [0.4, 0.5) is 13.2 Å². The molecule has 1 heterocycles. The van der Waals surface area contributed by atoms with Crippen LogP contribution in [0.2, 0.25) is 0 Å². The Morgan fingerprint density at radius 2 is 1.59 bits per heavy atom. The Labute approximate surface area is 97.8 Å². The summed E-state index contributed by atoms with van der Waals surface area (Å²) in [5.74, 6) is 1.11. The van der Waals surface area contributed by atoms with Gasteiger partial charge in [0.15, 0.2) is 0 Å². The molecule has 1 aliphatic rings. The van der Waals surface area contributed by atoms with Gasteiger partial charge in [-0.25, -0.2) is 0 Å². The van der Waals surface area contributed by atoms with Crippen LogP contribution in [0.25, 0.3) is 0 Å². The molecule has 0 amide bonds. The summed E-state index contributed by atoms with van der Waals surface area (Å²) in [5.41, 5.74) is 1.00. The van der Waals surface area contributed by atoms with E-state index in [2.05, 4.69) is 10.1 Å². The maximum absolute atomic E-state index is 12.0. The van der Waals surface area contributed by atoms with E-state index in [1.807, 2.05) is 0 Å². The number of hydrogen-bond donors (Lipinski definition) is 1. The number of rotatable bonds is 2. The van der Waals surface area contributed by atoms with Crippen molar-refractivity contribution in [2.24, 2.45) is 0 Å². The van der Waals surface area contributed by atoms with E-state index in [4.69, 9.17) is 0 Å². The molecule has 0 unspecified atom stereocenters. The van der Waals surface area contributed by atoms with Crippen molar-refractivity contribution in [3.05, 3.63) is 35.7 Å². The van der Waals surface area contributed by atoms with Crippen molar-refractivity contribution >= 4 is 0 Å². The second-order valence-electron chi connectivity index (χ2n) is 3.93. The van der Waals surface area contributed by atoms with Crippen LogP contribution in [-0.2, 0) is 0 Å². The number of alkyl halides is 3. The molecule has 0 aliphatic carbocycles. The van der Waals surface area contributed by atoms with Crippen molar-refractivity contribution < 1.29 is 17.9 Å². The SMILES string of the molecule is FC(F)(F)Oc1ccc([C]2CCNCC2)cc1. The van der Waals surface area contributed by atoms with Crippen LogP contribution in [0, 0.1) is 5.92 Å². The smallest absolute Gasteiger partial charge is 0.406 e. The van der Waals surface area contributed by atoms with E-state index in [1.54, 1.807) is 12.1 Å². The summed E-state index contributed by atoms with van der Waals surface area (Å²) in [4.78, 5) is 0. The normalized spacial score (nSPS) is 18.1. The van der Waals surface area contributed by atoms with Gasteiger partial charge < -0.3 is 10.1 Å². The first-order chi connectivity index (χ1) is 8.04. The Hall–Kier alpha value is -1.23. The van der Waals surface area contributed by atoms with Crippen molar-refractivity contribution in [3.8, 4) is 5.75 Å². The molecule has 93 valence electrons. The first-order valence-corrected chi connectivity index (χ1v) is 5.46. The van der Waals surface area contributed by atoms with E-state index in [-0.39, 0.29) is 5.75 Å². The lowest BCUT2D eigenvalue weighted by molar-refractivity contribution is -0.274. The van der Waals surface area contributed by atoms with Crippen LogP contribution in [0.5, 0.6) is 5.75 Å². The van der Waals surface area contributed by atoms with E-state index >= 15 is 0 Å². The third kappa shape index (κ3) is 3.63. The average molecular weight is 244 g/mol. The molecular weight excluding hydrogens is 231 g/mol. The first-order valence-electron chi connectivity index (χ1n) is 5.46. The van der Waals surface area contributed by atoms with Crippen LogP contribution < -0.4 is 10.1 Å². The minimum Gasteiger partial charge on any atom is -0.406 e. The number of halogens is 3. The van der Waals surface area contributed by atoms with E-state index in [9.17, 15) is 13.2 Å². The fraction of sp³-hybridized carbons (Fsp3) is 0.417. The number of ether oxygens (including phenoxy) is 1. The summed E-state index contributed by atoms with van der Waals surface area (Å²) in [5, 5.41) is 3.23. The van der Waals surface area contributed by atoms with Crippen molar-refractivity contribution in [2.75, 3.05) is 13.1 Å². The molecule has 0 saturated carbocycles. The van der Waals surface area contributed by atoms with Gasteiger partial charge in [-0.1, -0.05) is 12.1 Å². The second kappa shape index (κ2) is 4.96. The number of piperidine rings is 1. The Kier molecular flexibility index (Phi) is 3.57. The zero-order chi connectivity index (χ0) is 12.3. The molecular formula is C12H13F3NO. The van der Waals surface area contributed by atoms with E-state index in [0.717, 1.165) is 31.5 Å². The molecule has 1 saturated heterocycles. The largest absolute Gasteiger partial charge is 0.573 e. The molecule has 1 radical (unpaired) electrons. The molecule has 2 nitrogen and oxygen atoms in total. The predicted octanol–water partition coefficient (Wildman–Crippen LogP) is 2.89. The van der Waals surface area contributed by atoms with Gasteiger partial charge >= 0.3 is 6.36 Å². The van der Waals surface area contributed by atoms with Crippen molar-refractivity contribution in [2.45, 2.75) is 19.2 Å². The van der Waals surface area contributed by atoms with Crippen molar-refractivity contribution in [1.29, 1.82) is 0 Å². The number of nitrogens with one attached hydrogen (secondary N) is 1. The molecule has 17 heavy (non-hydrogen) atoms. The molecule has 2 rings (SSSR count). The van der Waals surface area contributed by atoms with Gasteiger partial charge in [-0.05, 0) is 43.6 Å². The van der Waals surface area contributed by atoms with Crippen molar-refractivity contribution in [3.63, 3.8) is 0 Å². The zero-order valence-corrected chi connectivity index (χ0v) is 9.18. The minimum absolute atomic E-state index is 0.171. The lowest BCUT2D eigenvalue weighted by Gasteiger charge is -2.22. The van der Waals surface area contributed by atoms with Gasteiger partial charge in [0, 0.05) is 5.92 Å². The van der Waals surface area contributed by atoms with Gasteiger partial charge in [-0.2, -0.15) is 0 Å². The topological polar surface area (TPSA) is 21.3 Å². The molecule has 0 bridgehead atoms. The first kappa shape index (κ1) is 12.2. The molecule has 0 aromatic heterocycles. The zero-order valence-electron chi connectivity index (χ0n) is 9.18. The van der Waals surface area contributed by atoms with Gasteiger partial charge in [-0.3, -0.25) is 0 Å². The van der Waals surface area contributed by atoms with Crippen molar-refractivity contribution in [1.82, 2.24) is 5.32 Å². The molecule has 1 aliphatic heterocycles. The molecule has 0 atom stereocenters. The number of benzene rings is 1. The Morgan fingerprint density at radius 1 is 1.00 bits per heavy atom. The molecule has 0 spiro atoms. The fourth-order valence-corrected chi connectivity index (χ4v) is 1.91. The van der Waals surface area contributed by atoms with Crippen LogP contribution in [-0.4, -0.2) is 19.5 Å². The highest BCUT2D eigenvalue weighted by Gasteiger charge is 2.31. The highest BCUT2D eigenvalue weighted by atomic mass is 19.4. The summed E-state index contributed by atoms with van der Waals surface area (Å²) >= 11 is 0. The maximum atomic E-state index is 12.0. The average Bonchev–Trinajstić information content (AvgIpc) is 2.29. The monoisotopic (exact) mass is 244 g/mol. The van der Waals surface area contributed by atoms with Crippen LogP contribution in [0.3, 0.4) is 0 Å². The lowest BCUT2D eigenvalue weighted by Crippen LogP contribution is -2.27. The second-order valence-corrected chi connectivity index (χ2v) is 3.93. The fourth-order valence-electron chi connectivity index (χ4n) is 1.91. The minimum atomic E-state index is -4.62. The summed E-state index contributed by atoms with van der Waals surface area (Å²) in [7, 11) is 0. The summed E-state index contributed by atoms with van der Waals surface area (Å²) in [6, 6.07) is 6.08. The van der Waals surface area contributed by atoms with Gasteiger partial charge in [-0.15, -0.1) is 13.2 Å². The standard InChI is InChI=1S/C12H13F3NO/c13-12(14,15)17-11-3-1-9(2-4-11)10-5-7-16-8-6-10/h1-4,16H,5-8H2. The van der Waals surface area contributed by atoms with Crippen LogP contribution >= 0.6 is 0 Å². The van der Waals surface area contributed by atoms with Crippen LogP contribution in [0.1, 0.15) is 18.4 Å². The molecule has 5 heteroatoms. The number of hydrogen-bond acceptors (Lipinski definition) is 2. The molecule has 1 aromatic rings. The third-order valence-corrected chi connectivity index (χ3v) is 2.70. The summed E-state index contributed by atoms with van der Waals surface area (Å²) < 4.78 is 39.7. The highest BCUT2D eigenvalue weighted by molar-refractivity contribution is 5.36. The Balaban J connectivity index is 2.02. The summed E-state index contributed by atoms with van der Waals surface area (Å²) in [6.45, 7) is 1.85. The van der Waals surface area contributed by atoms with E-state index in [1.165, 1.54) is 18.1 Å². The summed E-state index contributed by atoms with van der Waals surface area (Å²) in [6.07, 6.45) is -2.73. The molecule has 1 fully saturated rings. The lowest BCUT2D eigenvalue weighted by atomic mass is 9.90. The highest BCUT2D eigenvalue weighted by Crippen LogP contribution is 2.28. The van der Waals surface area contributed by atoms with E-state index < -0.39 is 6.36 Å². The Morgan fingerprint density at radius 3 is 2.12 bits per heavy atom. The quantitative estimate of drug-likeness (QED) is 0.863. The van der Waals surface area contributed by atoms with Gasteiger partial charge in [0.05, 0.1) is 0 Å². The van der Waals surface area contributed by atoms with E-state index in [0.29, 0.717) is 0 Å². The van der Waals surface area contributed by atoms with Gasteiger partial charge in [0.25, 0.3) is 0 Å². The molecule has 1 aromatic carbocycles. The van der Waals surface area contributed by atoms with Gasteiger partial charge in [0.1, 0.15) is 5.75 Å². The Bertz CT molecular complexity index is 355. The maximum Gasteiger partial charge on any atom is 0.573 e. The van der Waals surface area contributed by atoms with Crippen LogP contribution in [0.15, 0.2) is 24.3 Å². The predicted molar refractivity (Wildman–Crippen MR) is 57.6 cm³/mol.